The van der Waals surface area contributed by atoms with Gasteiger partial charge in [-0.05, 0) is 31.2 Å². The molecule has 0 spiro atoms. The van der Waals surface area contributed by atoms with Gasteiger partial charge < -0.3 is 14.4 Å². The van der Waals surface area contributed by atoms with Gasteiger partial charge in [0.2, 0.25) is 0 Å². The predicted molar refractivity (Wildman–Crippen MR) is 129 cm³/mol. The molecule has 0 amide bonds. The Hall–Kier alpha value is -2.85. The zero-order chi connectivity index (χ0) is 23.5. The van der Waals surface area contributed by atoms with Gasteiger partial charge in [-0.3, -0.25) is 9.80 Å². The molecule has 0 aliphatic carbocycles. The number of ether oxygens (including phenoxy) is 1. The molecule has 1 atom stereocenters. The number of fused-ring (bicyclic) bond motifs is 1. The number of halogens is 1. The number of β-amino-alcohol motifs (C(OH)–C–C–N with tert-alkyl or cyclic N) is 1. The molecule has 1 N–H and O–H groups in total. The number of benzene rings is 2. The predicted octanol–water partition coefficient (Wildman–Crippen LogP) is 3.96. The van der Waals surface area contributed by atoms with E-state index in [2.05, 4.69) is 19.9 Å². The zero-order valence-electron chi connectivity index (χ0n) is 19.0. The highest BCUT2D eigenvalue weighted by molar-refractivity contribution is 7.18. The number of hydrogen-bond donors (Lipinski definition) is 1. The fourth-order valence-electron chi connectivity index (χ4n) is 4.19. The number of hydrogen-bond acceptors (Lipinski definition) is 8. The molecule has 7 nitrogen and oxygen atoms in total. The summed E-state index contributed by atoms with van der Waals surface area (Å²) >= 11 is 1.66. The second kappa shape index (κ2) is 10.2. The Kier molecular flexibility index (Phi) is 6.87. The number of nitrogens with zero attached hydrogens (tertiary/aromatic N) is 4. The molecule has 2 aromatic carbocycles. The minimum atomic E-state index is -0.572. The first-order valence-electron chi connectivity index (χ1n) is 11.4. The molecule has 178 valence electrons. The molecule has 3 heterocycles. The molecule has 0 saturated carbocycles. The second-order valence-corrected chi connectivity index (χ2v) is 9.80. The minimum Gasteiger partial charge on any atom is -0.491 e. The van der Waals surface area contributed by atoms with Crippen LogP contribution in [-0.2, 0) is 6.54 Å². The van der Waals surface area contributed by atoms with E-state index in [0.29, 0.717) is 30.1 Å². The monoisotopic (exact) mass is 482 g/mol. The van der Waals surface area contributed by atoms with E-state index >= 15 is 0 Å². The van der Waals surface area contributed by atoms with Crippen LogP contribution in [0.4, 0.5) is 4.39 Å². The highest BCUT2D eigenvalue weighted by Gasteiger charge is 2.21. The molecule has 0 radical (unpaired) electrons. The van der Waals surface area contributed by atoms with Gasteiger partial charge in [-0.2, -0.15) is 0 Å². The first kappa shape index (κ1) is 22.9. The Morgan fingerprint density at radius 2 is 1.91 bits per heavy atom. The third-order valence-electron chi connectivity index (χ3n) is 5.93. The lowest BCUT2D eigenvalue weighted by atomic mass is 10.1. The first-order valence-corrected chi connectivity index (χ1v) is 12.2. The minimum absolute atomic E-state index is 0.242. The topological polar surface area (TPSA) is 74.9 Å². The van der Waals surface area contributed by atoms with Gasteiger partial charge in [-0.15, -0.1) is 11.3 Å². The van der Waals surface area contributed by atoms with Crippen LogP contribution in [0.2, 0.25) is 0 Å². The van der Waals surface area contributed by atoms with Crippen molar-refractivity contribution >= 4 is 21.6 Å². The third kappa shape index (κ3) is 5.44. The summed E-state index contributed by atoms with van der Waals surface area (Å²) in [4.78, 5) is 9.00. The van der Waals surface area contributed by atoms with Gasteiger partial charge in [0.05, 0.1) is 21.8 Å². The maximum Gasteiger partial charge on any atom is 0.151 e. The quantitative estimate of drug-likeness (QED) is 0.408. The van der Waals surface area contributed by atoms with Crippen molar-refractivity contribution < 1.29 is 18.8 Å². The SMILES string of the molecule is Cc1nc2cc(OC[C@@H](O)CN3CCN(Cc4cc(-c5ccccc5F)no4)CC3)ccc2s1. The van der Waals surface area contributed by atoms with Crippen molar-refractivity contribution in [1.82, 2.24) is 19.9 Å². The van der Waals surface area contributed by atoms with Crippen molar-refractivity contribution in [2.75, 3.05) is 39.3 Å². The highest BCUT2D eigenvalue weighted by Crippen LogP contribution is 2.26. The van der Waals surface area contributed by atoms with E-state index < -0.39 is 6.10 Å². The zero-order valence-corrected chi connectivity index (χ0v) is 19.8. The average Bonchev–Trinajstić information content (AvgIpc) is 3.44. The summed E-state index contributed by atoms with van der Waals surface area (Å²) in [6, 6.07) is 14.2. The van der Waals surface area contributed by atoms with E-state index in [-0.39, 0.29) is 12.4 Å². The molecule has 0 bridgehead atoms. The Bertz CT molecular complexity index is 1250. The van der Waals surface area contributed by atoms with E-state index in [9.17, 15) is 9.50 Å². The van der Waals surface area contributed by atoms with E-state index in [1.807, 2.05) is 25.1 Å². The van der Waals surface area contributed by atoms with Gasteiger partial charge in [0.1, 0.15) is 30.0 Å². The van der Waals surface area contributed by atoms with E-state index in [1.165, 1.54) is 6.07 Å². The molecule has 0 unspecified atom stereocenters. The first-order chi connectivity index (χ1) is 16.5. The lowest BCUT2D eigenvalue weighted by molar-refractivity contribution is 0.0430. The van der Waals surface area contributed by atoms with E-state index in [1.54, 1.807) is 35.6 Å². The molecular weight excluding hydrogens is 455 g/mol. The lowest BCUT2D eigenvalue weighted by Crippen LogP contribution is -2.48. The molecule has 4 aromatic rings. The molecule has 9 heteroatoms. The van der Waals surface area contributed by atoms with Crippen LogP contribution >= 0.6 is 11.3 Å². The maximum absolute atomic E-state index is 14.0. The molecule has 1 aliphatic heterocycles. The number of aromatic nitrogens is 2. The lowest BCUT2D eigenvalue weighted by Gasteiger charge is -2.35. The van der Waals surface area contributed by atoms with Crippen LogP contribution in [0.1, 0.15) is 10.8 Å². The summed E-state index contributed by atoms with van der Waals surface area (Å²) < 4.78 is 26.4. The van der Waals surface area contributed by atoms with E-state index in [0.717, 1.165) is 47.2 Å². The van der Waals surface area contributed by atoms with Crippen molar-refractivity contribution in [3.8, 4) is 17.0 Å². The van der Waals surface area contributed by atoms with Gasteiger partial charge in [0.15, 0.2) is 5.76 Å². The van der Waals surface area contributed by atoms with Gasteiger partial charge >= 0.3 is 0 Å². The Morgan fingerprint density at radius 1 is 1.12 bits per heavy atom. The molecule has 1 aliphatic rings. The molecule has 1 saturated heterocycles. The standard InChI is InChI=1S/C25H27FN4O3S/c1-17-27-24-12-19(6-7-25(24)34-17)32-16-18(31)14-29-8-10-30(11-9-29)15-20-13-23(28-33-20)21-4-2-3-5-22(21)26/h2-7,12-13,18,31H,8-11,14-16H2,1H3/t18-/m0/s1. The van der Waals surface area contributed by atoms with Crippen LogP contribution in [0, 0.1) is 12.7 Å². The number of piperazine rings is 1. The van der Waals surface area contributed by atoms with Crippen LogP contribution < -0.4 is 4.74 Å². The van der Waals surface area contributed by atoms with Gasteiger partial charge in [-0.1, -0.05) is 17.3 Å². The fraction of sp³-hybridized carbons (Fsp3) is 0.360. The van der Waals surface area contributed by atoms with Crippen LogP contribution in [-0.4, -0.2) is 70.5 Å². The van der Waals surface area contributed by atoms with Crippen LogP contribution in [0.15, 0.2) is 53.1 Å². The average molecular weight is 483 g/mol. The van der Waals surface area contributed by atoms with Crippen LogP contribution in [0.5, 0.6) is 5.75 Å². The van der Waals surface area contributed by atoms with Gasteiger partial charge in [0, 0.05) is 50.4 Å². The van der Waals surface area contributed by atoms with Crippen molar-refractivity contribution in [3.05, 3.63) is 65.1 Å². The van der Waals surface area contributed by atoms with Crippen LogP contribution in [0.3, 0.4) is 0 Å². The molecular formula is C25H27FN4O3S. The Labute approximate surface area is 201 Å². The number of aliphatic hydroxyl groups is 1. The van der Waals surface area contributed by atoms with Crippen molar-refractivity contribution in [3.63, 3.8) is 0 Å². The van der Waals surface area contributed by atoms with Crippen molar-refractivity contribution in [2.45, 2.75) is 19.6 Å². The Morgan fingerprint density at radius 3 is 2.74 bits per heavy atom. The summed E-state index contributed by atoms with van der Waals surface area (Å²) in [7, 11) is 0. The summed E-state index contributed by atoms with van der Waals surface area (Å²) in [6.07, 6.45) is -0.572. The number of thiazole rings is 1. The summed E-state index contributed by atoms with van der Waals surface area (Å²) in [5.41, 5.74) is 1.89. The van der Waals surface area contributed by atoms with Crippen LogP contribution in [0.25, 0.3) is 21.5 Å². The molecule has 2 aromatic heterocycles. The van der Waals surface area contributed by atoms with Gasteiger partial charge in [-0.25, -0.2) is 9.37 Å². The summed E-state index contributed by atoms with van der Waals surface area (Å²) in [6.45, 7) is 6.80. The fourth-order valence-corrected chi connectivity index (χ4v) is 5.00. The number of aryl methyl sites for hydroxylation is 1. The molecule has 34 heavy (non-hydrogen) atoms. The van der Waals surface area contributed by atoms with Crippen molar-refractivity contribution in [2.24, 2.45) is 0 Å². The molecule has 1 fully saturated rings. The Balaban J connectivity index is 1.06. The van der Waals surface area contributed by atoms with Crippen molar-refractivity contribution in [1.29, 1.82) is 0 Å². The largest absolute Gasteiger partial charge is 0.491 e. The highest BCUT2D eigenvalue weighted by atomic mass is 32.1. The van der Waals surface area contributed by atoms with Gasteiger partial charge in [0.25, 0.3) is 0 Å². The second-order valence-electron chi connectivity index (χ2n) is 8.56. The smallest absolute Gasteiger partial charge is 0.151 e. The number of aliphatic hydroxyl groups excluding tert-OH is 1. The summed E-state index contributed by atoms with van der Waals surface area (Å²) in [5.74, 6) is 1.13. The molecule has 5 rings (SSSR count). The number of rotatable bonds is 8. The normalized spacial score (nSPS) is 16.2. The third-order valence-corrected chi connectivity index (χ3v) is 6.88. The maximum atomic E-state index is 14.0. The summed E-state index contributed by atoms with van der Waals surface area (Å²) in [5, 5.41) is 15.5. The van der Waals surface area contributed by atoms with E-state index in [4.69, 9.17) is 9.26 Å².